The van der Waals surface area contributed by atoms with Gasteiger partial charge in [-0.15, -0.1) is 0 Å². The summed E-state index contributed by atoms with van der Waals surface area (Å²) in [5.41, 5.74) is 3.48. The average Bonchev–Trinajstić information content (AvgIpc) is 2.56. The SMILES string of the molecule is CCCCc1cc(CC(C)NC(=O)OC(C)(C)C)c(OC)cc1CCCC. The topological polar surface area (TPSA) is 47.6 Å². The zero-order chi connectivity index (χ0) is 20.4. The molecule has 1 aromatic carbocycles. The van der Waals surface area contributed by atoms with Gasteiger partial charge in [-0.3, -0.25) is 0 Å². The fourth-order valence-corrected chi connectivity index (χ4v) is 3.16. The standard InChI is InChI=1S/C23H39NO3/c1-8-10-12-18-15-20(21(26-7)16-19(18)13-11-9-2)14-17(3)24-22(25)27-23(4,5)6/h15-17H,8-14H2,1-7H3,(H,24,25). The number of unbranched alkanes of at least 4 members (excludes halogenated alkanes) is 2. The summed E-state index contributed by atoms with van der Waals surface area (Å²) < 4.78 is 11.0. The highest BCUT2D eigenvalue weighted by Gasteiger charge is 2.19. The van der Waals surface area contributed by atoms with Gasteiger partial charge in [-0.2, -0.15) is 0 Å². The first-order chi connectivity index (χ1) is 12.7. The minimum atomic E-state index is -0.490. The Balaban J connectivity index is 2.95. The highest BCUT2D eigenvalue weighted by atomic mass is 16.6. The summed E-state index contributed by atoms with van der Waals surface area (Å²) in [6, 6.07) is 4.46. The lowest BCUT2D eigenvalue weighted by Crippen LogP contribution is -2.38. The van der Waals surface area contributed by atoms with E-state index in [1.54, 1.807) is 7.11 Å². The summed E-state index contributed by atoms with van der Waals surface area (Å²) in [6.07, 6.45) is 7.29. The fraction of sp³-hybridized carbons (Fsp3) is 0.696. The fourth-order valence-electron chi connectivity index (χ4n) is 3.16. The molecule has 27 heavy (non-hydrogen) atoms. The van der Waals surface area contributed by atoms with Crippen LogP contribution in [0.4, 0.5) is 4.79 Å². The third-order valence-electron chi connectivity index (χ3n) is 4.49. The van der Waals surface area contributed by atoms with Gasteiger partial charge in [0.1, 0.15) is 11.4 Å². The molecule has 0 heterocycles. The van der Waals surface area contributed by atoms with Crippen LogP contribution < -0.4 is 10.1 Å². The zero-order valence-corrected chi connectivity index (χ0v) is 18.4. The minimum absolute atomic E-state index is 0.0331. The van der Waals surface area contributed by atoms with Crippen molar-refractivity contribution in [3.8, 4) is 5.75 Å². The van der Waals surface area contributed by atoms with Crippen LogP contribution in [0.2, 0.25) is 0 Å². The van der Waals surface area contributed by atoms with E-state index in [4.69, 9.17) is 9.47 Å². The normalized spacial score (nSPS) is 12.6. The van der Waals surface area contributed by atoms with Gasteiger partial charge < -0.3 is 14.8 Å². The molecule has 0 radical (unpaired) electrons. The molecule has 0 aliphatic carbocycles. The third kappa shape index (κ3) is 8.68. The first-order valence-corrected chi connectivity index (χ1v) is 10.4. The zero-order valence-electron chi connectivity index (χ0n) is 18.4. The monoisotopic (exact) mass is 377 g/mol. The number of rotatable bonds is 10. The van der Waals surface area contributed by atoms with Gasteiger partial charge in [-0.25, -0.2) is 4.79 Å². The number of nitrogens with one attached hydrogen (secondary N) is 1. The molecule has 0 aliphatic heterocycles. The number of aryl methyl sites for hydroxylation is 2. The third-order valence-corrected chi connectivity index (χ3v) is 4.49. The number of hydrogen-bond donors (Lipinski definition) is 1. The Labute approximate surface area is 166 Å². The summed E-state index contributed by atoms with van der Waals surface area (Å²) in [4.78, 5) is 12.0. The van der Waals surface area contributed by atoms with Crippen molar-refractivity contribution >= 4 is 6.09 Å². The number of amides is 1. The molecule has 0 spiro atoms. The quantitative estimate of drug-likeness (QED) is 0.557. The Morgan fingerprint density at radius 3 is 2.07 bits per heavy atom. The van der Waals surface area contributed by atoms with Crippen molar-refractivity contribution in [1.29, 1.82) is 0 Å². The highest BCUT2D eigenvalue weighted by molar-refractivity contribution is 5.68. The van der Waals surface area contributed by atoms with Gasteiger partial charge in [-0.1, -0.05) is 32.8 Å². The molecule has 0 bridgehead atoms. The van der Waals surface area contributed by atoms with Gasteiger partial charge in [0.15, 0.2) is 0 Å². The molecule has 1 N–H and O–H groups in total. The molecule has 1 rings (SSSR count). The van der Waals surface area contributed by atoms with Crippen LogP contribution in [0.25, 0.3) is 0 Å². The summed E-state index contributed by atoms with van der Waals surface area (Å²) in [5, 5.41) is 2.93. The minimum Gasteiger partial charge on any atom is -0.496 e. The lowest BCUT2D eigenvalue weighted by atomic mass is 9.93. The van der Waals surface area contributed by atoms with Crippen LogP contribution in [-0.2, 0) is 24.0 Å². The summed E-state index contributed by atoms with van der Waals surface area (Å²) in [7, 11) is 1.72. The largest absolute Gasteiger partial charge is 0.496 e. The molecule has 4 heteroatoms. The van der Waals surface area contributed by atoms with Crippen LogP contribution in [-0.4, -0.2) is 24.8 Å². The molecule has 4 nitrogen and oxygen atoms in total. The van der Waals surface area contributed by atoms with E-state index in [0.717, 1.165) is 30.6 Å². The Morgan fingerprint density at radius 2 is 1.59 bits per heavy atom. The molecule has 1 atom stereocenters. The maximum atomic E-state index is 12.0. The average molecular weight is 378 g/mol. The lowest BCUT2D eigenvalue weighted by Gasteiger charge is -2.23. The maximum Gasteiger partial charge on any atom is 0.407 e. The second kappa shape index (κ2) is 11.2. The second-order valence-electron chi connectivity index (χ2n) is 8.39. The van der Waals surface area contributed by atoms with Crippen LogP contribution in [0.5, 0.6) is 5.75 Å². The van der Waals surface area contributed by atoms with E-state index in [9.17, 15) is 4.79 Å². The first kappa shape index (κ1) is 23.3. The Bertz CT molecular complexity index is 590. The molecule has 0 saturated heterocycles. The molecule has 1 amide bonds. The Hall–Kier alpha value is -1.71. The van der Waals surface area contributed by atoms with Gasteiger partial charge in [0.25, 0.3) is 0 Å². The molecule has 0 aromatic heterocycles. The predicted octanol–water partition coefficient (Wildman–Crippen LogP) is 5.84. The van der Waals surface area contributed by atoms with E-state index in [1.165, 1.54) is 36.8 Å². The van der Waals surface area contributed by atoms with Crippen molar-refractivity contribution in [2.75, 3.05) is 7.11 Å². The van der Waals surface area contributed by atoms with Crippen LogP contribution in [0.15, 0.2) is 12.1 Å². The molecular formula is C23H39NO3. The van der Waals surface area contributed by atoms with Gasteiger partial charge in [0, 0.05) is 6.04 Å². The summed E-state index contributed by atoms with van der Waals surface area (Å²) >= 11 is 0. The number of ether oxygens (including phenoxy) is 2. The number of hydrogen-bond acceptors (Lipinski definition) is 3. The maximum absolute atomic E-state index is 12.0. The van der Waals surface area contributed by atoms with Crippen LogP contribution in [0, 0.1) is 0 Å². The predicted molar refractivity (Wildman–Crippen MR) is 113 cm³/mol. The molecule has 1 unspecified atom stereocenters. The van der Waals surface area contributed by atoms with Gasteiger partial charge in [-0.05, 0) is 82.6 Å². The van der Waals surface area contributed by atoms with Crippen LogP contribution in [0.1, 0.15) is 83.9 Å². The van der Waals surface area contributed by atoms with Crippen LogP contribution in [0.3, 0.4) is 0 Å². The summed E-state index contributed by atoms with van der Waals surface area (Å²) in [5.74, 6) is 0.916. The number of alkyl carbamates (subject to hydrolysis) is 1. The van der Waals surface area contributed by atoms with Crippen molar-refractivity contribution in [2.45, 2.75) is 98.1 Å². The van der Waals surface area contributed by atoms with E-state index in [1.807, 2.05) is 27.7 Å². The van der Waals surface area contributed by atoms with Crippen molar-refractivity contribution < 1.29 is 14.3 Å². The highest BCUT2D eigenvalue weighted by Crippen LogP contribution is 2.27. The van der Waals surface area contributed by atoms with E-state index in [-0.39, 0.29) is 12.1 Å². The van der Waals surface area contributed by atoms with E-state index in [2.05, 4.69) is 31.3 Å². The van der Waals surface area contributed by atoms with E-state index in [0.29, 0.717) is 0 Å². The van der Waals surface area contributed by atoms with Crippen LogP contribution >= 0.6 is 0 Å². The molecule has 0 fully saturated rings. The number of benzene rings is 1. The van der Waals surface area contributed by atoms with E-state index >= 15 is 0 Å². The number of carbonyl (C=O) groups is 1. The Kier molecular flexibility index (Phi) is 9.68. The first-order valence-electron chi connectivity index (χ1n) is 10.4. The smallest absolute Gasteiger partial charge is 0.407 e. The number of methoxy groups -OCH3 is 1. The van der Waals surface area contributed by atoms with Crippen molar-refractivity contribution in [1.82, 2.24) is 5.32 Å². The molecule has 154 valence electrons. The molecule has 0 aliphatic rings. The summed E-state index contributed by atoms with van der Waals surface area (Å²) in [6.45, 7) is 12.1. The van der Waals surface area contributed by atoms with Crippen molar-refractivity contribution in [3.63, 3.8) is 0 Å². The van der Waals surface area contributed by atoms with Gasteiger partial charge in [0.2, 0.25) is 0 Å². The Morgan fingerprint density at radius 1 is 1.04 bits per heavy atom. The van der Waals surface area contributed by atoms with Gasteiger partial charge in [0.05, 0.1) is 7.11 Å². The molecule has 0 saturated carbocycles. The second-order valence-corrected chi connectivity index (χ2v) is 8.39. The van der Waals surface area contributed by atoms with Crippen molar-refractivity contribution in [3.05, 3.63) is 28.8 Å². The van der Waals surface area contributed by atoms with Gasteiger partial charge >= 0.3 is 6.09 Å². The molecular weight excluding hydrogens is 338 g/mol. The number of carbonyl (C=O) groups excluding carboxylic acids is 1. The van der Waals surface area contributed by atoms with E-state index < -0.39 is 5.60 Å². The lowest BCUT2D eigenvalue weighted by molar-refractivity contribution is 0.0508. The molecule has 1 aromatic rings. The van der Waals surface area contributed by atoms with Crippen molar-refractivity contribution in [2.24, 2.45) is 0 Å².